The van der Waals surface area contributed by atoms with Crippen molar-refractivity contribution in [1.82, 2.24) is 0 Å². The molecule has 17 atom stereocenters. The van der Waals surface area contributed by atoms with Crippen molar-refractivity contribution in [3.63, 3.8) is 0 Å². The van der Waals surface area contributed by atoms with E-state index >= 15 is 0 Å². The lowest BCUT2D eigenvalue weighted by Crippen LogP contribution is -2.63. The Kier molecular flexibility index (Phi) is 12.9. The fourth-order valence-corrected chi connectivity index (χ4v) is 5.75. The summed E-state index contributed by atoms with van der Waals surface area (Å²) in [7, 11) is 1.25. The van der Waals surface area contributed by atoms with E-state index in [-0.39, 0.29) is 32.0 Å². The monoisotopic (exact) mass is 630 g/mol. The van der Waals surface area contributed by atoms with Crippen LogP contribution in [0.5, 0.6) is 0 Å². The fraction of sp³-hybridized carbons (Fsp3) is 1.00. The predicted molar refractivity (Wildman–Crippen MR) is 138 cm³/mol. The molecule has 4 fully saturated rings. The van der Waals surface area contributed by atoms with E-state index in [2.05, 4.69) is 0 Å². The molecule has 0 saturated carbocycles. The van der Waals surface area contributed by atoms with Crippen LogP contribution in [0.3, 0.4) is 0 Å². The molecule has 0 aliphatic carbocycles. The first-order chi connectivity index (χ1) is 20.5. The summed E-state index contributed by atoms with van der Waals surface area (Å²) < 4.78 is 45.1. The second-order valence-electron chi connectivity index (χ2n) is 11.5. The Morgan fingerprint density at radius 3 is 1.91 bits per heavy atom. The Morgan fingerprint density at radius 2 is 1.26 bits per heavy atom. The molecule has 4 rings (SSSR count). The van der Waals surface area contributed by atoms with Gasteiger partial charge in [0.2, 0.25) is 0 Å². The molecule has 17 heteroatoms. The van der Waals surface area contributed by atoms with E-state index in [1.165, 1.54) is 7.11 Å². The van der Waals surface area contributed by atoms with Crippen molar-refractivity contribution in [1.29, 1.82) is 0 Å². The van der Waals surface area contributed by atoms with Crippen molar-refractivity contribution < 1.29 is 83.9 Å². The van der Waals surface area contributed by atoms with Gasteiger partial charge in [0.15, 0.2) is 25.2 Å². The van der Waals surface area contributed by atoms with E-state index in [4.69, 9.17) is 37.9 Å². The number of aliphatic hydroxyl groups is 9. The van der Waals surface area contributed by atoms with Crippen molar-refractivity contribution in [2.75, 3.05) is 33.5 Å². The molecule has 4 saturated heterocycles. The lowest BCUT2D eigenvalue weighted by molar-refractivity contribution is -0.364. The molecule has 0 spiro atoms. The van der Waals surface area contributed by atoms with E-state index in [1.54, 1.807) is 6.92 Å². The molecule has 4 aliphatic heterocycles. The Morgan fingerprint density at radius 1 is 0.605 bits per heavy atom. The lowest BCUT2D eigenvalue weighted by atomic mass is 9.93. The van der Waals surface area contributed by atoms with Crippen LogP contribution in [0.25, 0.3) is 0 Å². The second kappa shape index (κ2) is 15.7. The van der Waals surface area contributed by atoms with Gasteiger partial charge in [-0.1, -0.05) is 6.92 Å². The molecule has 252 valence electrons. The minimum atomic E-state index is -1.56. The average molecular weight is 631 g/mol. The van der Waals surface area contributed by atoms with Crippen molar-refractivity contribution in [2.24, 2.45) is 5.92 Å². The van der Waals surface area contributed by atoms with E-state index in [0.717, 1.165) is 0 Å². The van der Waals surface area contributed by atoms with Crippen LogP contribution >= 0.6 is 0 Å². The molecule has 4 heterocycles. The molecule has 0 amide bonds. The summed E-state index contributed by atoms with van der Waals surface area (Å²) in [6, 6.07) is 0. The predicted octanol–water partition coefficient (Wildman–Crippen LogP) is -4.73. The maximum atomic E-state index is 11.3. The van der Waals surface area contributed by atoms with Gasteiger partial charge < -0.3 is 83.9 Å². The third-order valence-corrected chi connectivity index (χ3v) is 8.32. The summed E-state index contributed by atoms with van der Waals surface area (Å²) in [5.74, 6) is -0.298. The van der Waals surface area contributed by atoms with Crippen LogP contribution in [0.15, 0.2) is 0 Å². The quantitative estimate of drug-likeness (QED) is 0.104. The topological polar surface area (TPSA) is 256 Å². The maximum absolute atomic E-state index is 11.3. The van der Waals surface area contributed by atoms with Gasteiger partial charge in [-0.25, -0.2) is 0 Å². The van der Waals surface area contributed by atoms with Gasteiger partial charge in [0, 0.05) is 20.0 Å². The molecule has 17 nitrogen and oxygen atoms in total. The smallest absolute Gasteiger partial charge is 0.187 e. The first-order valence-corrected chi connectivity index (χ1v) is 14.5. The summed E-state index contributed by atoms with van der Waals surface area (Å²) in [5, 5.41) is 92.5. The normalized spacial score (nSPS) is 49.6. The summed E-state index contributed by atoms with van der Waals surface area (Å²) >= 11 is 0. The van der Waals surface area contributed by atoms with E-state index in [9.17, 15) is 46.0 Å². The average Bonchev–Trinajstić information content (AvgIpc) is 2.99. The van der Waals surface area contributed by atoms with Gasteiger partial charge in [0.25, 0.3) is 0 Å². The van der Waals surface area contributed by atoms with Crippen LogP contribution in [0.2, 0.25) is 0 Å². The zero-order valence-electron chi connectivity index (χ0n) is 24.1. The summed E-state index contributed by atoms with van der Waals surface area (Å²) in [5.41, 5.74) is 0. The van der Waals surface area contributed by atoms with Crippen LogP contribution in [0.4, 0.5) is 0 Å². The Labute approximate surface area is 248 Å². The Bertz CT molecular complexity index is 823. The first kappa shape index (κ1) is 35.2. The van der Waals surface area contributed by atoms with E-state index in [1.807, 2.05) is 0 Å². The first-order valence-electron chi connectivity index (χ1n) is 14.5. The van der Waals surface area contributed by atoms with E-state index < -0.39 is 112 Å². The molecule has 4 aliphatic rings. The Balaban J connectivity index is 1.51. The fourth-order valence-electron chi connectivity index (χ4n) is 5.75. The van der Waals surface area contributed by atoms with Crippen LogP contribution in [0.1, 0.15) is 26.2 Å². The highest BCUT2D eigenvalue weighted by atomic mass is 16.8. The van der Waals surface area contributed by atoms with Crippen molar-refractivity contribution in [2.45, 2.75) is 125 Å². The van der Waals surface area contributed by atoms with Gasteiger partial charge in [-0.05, 0) is 12.3 Å². The third kappa shape index (κ3) is 8.19. The zero-order valence-corrected chi connectivity index (χ0v) is 24.1. The van der Waals surface area contributed by atoms with Crippen molar-refractivity contribution in [3.8, 4) is 0 Å². The van der Waals surface area contributed by atoms with E-state index in [0.29, 0.717) is 6.42 Å². The minimum absolute atomic E-state index is 0.0422. The van der Waals surface area contributed by atoms with Crippen molar-refractivity contribution in [3.05, 3.63) is 0 Å². The standard InChI is InChI=1S/C26H46O17/c1-10-3-11(6-27)38-25(18(10)32)40-15-4-12(9-37-23-14(31)5-13(30)16(7-28)41-23)39-26(20(15)34)43-22-19(33)17(8-29)42-24(36-2)21(22)35/h10-35H,3-9H2,1-2H3. The van der Waals surface area contributed by atoms with Gasteiger partial charge >= 0.3 is 0 Å². The molecular weight excluding hydrogens is 584 g/mol. The summed E-state index contributed by atoms with van der Waals surface area (Å²) in [4.78, 5) is 0. The number of hydrogen-bond acceptors (Lipinski definition) is 17. The van der Waals surface area contributed by atoms with Crippen LogP contribution < -0.4 is 0 Å². The maximum Gasteiger partial charge on any atom is 0.187 e. The van der Waals surface area contributed by atoms with Crippen LogP contribution in [0, 0.1) is 5.92 Å². The highest BCUT2D eigenvalue weighted by Gasteiger charge is 2.50. The number of hydrogen-bond donors (Lipinski definition) is 9. The lowest BCUT2D eigenvalue weighted by Gasteiger charge is -2.46. The minimum Gasteiger partial charge on any atom is -0.394 e. The molecule has 0 aromatic carbocycles. The summed E-state index contributed by atoms with van der Waals surface area (Å²) in [6.07, 6.45) is -19.4. The highest BCUT2D eigenvalue weighted by molar-refractivity contribution is 4.93. The largest absolute Gasteiger partial charge is 0.394 e. The molecule has 9 N–H and O–H groups in total. The van der Waals surface area contributed by atoms with Crippen LogP contribution in [-0.4, -0.2) is 178 Å². The highest BCUT2D eigenvalue weighted by Crippen LogP contribution is 2.34. The van der Waals surface area contributed by atoms with Gasteiger partial charge in [-0.3, -0.25) is 0 Å². The molecular formula is C26H46O17. The second-order valence-corrected chi connectivity index (χ2v) is 11.5. The molecule has 0 aromatic rings. The van der Waals surface area contributed by atoms with Gasteiger partial charge in [0.05, 0.1) is 50.8 Å². The molecule has 0 radical (unpaired) electrons. The summed E-state index contributed by atoms with van der Waals surface area (Å²) in [6.45, 7) is 0.0624. The number of aliphatic hydroxyl groups excluding tert-OH is 9. The third-order valence-electron chi connectivity index (χ3n) is 8.32. The number of rotatable bonds is 11. The van der Waals surface area contributed by atoms with Gasteiger partial charge in [-0.15, -0.1) is 0 Å². The molecule has 0 bridgehead atoms. The SMILES string of the molecule is COC1OC(CO)C(O)C(OC2OC(COC3OC(CO)C(O)CC3O)CC(OC3OC(CO)CC(C)C3O)C2O)C1O. The van der Waals surface area contributed by atoms with Crippen LogP contribution in [-0.2, 0) is 37.9 Å². The van der Waals surface area contributed by atoms with Crippen molar-refractivity contribution >= 4 is 0 Å². The molecule has 43 heavy (non-hydrogen) atoms. The molecule has 17 unspecified atom stereocenters. The van der Waals surface area contributed by atoms with Gasteiger partial charge in [0.1, 0.15) is 48.8 Å². The number of ether oxygens (including phenoxy) is 8. The molecule has 0 aromatic heterocycles. The number of methoxy groups -OCH3 is 1. The zero-order chi connectivity index (χ0) is 31.4. The van der Waals surface area contributed by atoms with Gasteiger partial charge in [-0.2, -0.15) is 0 Å². The Hall–Kier alpha value is -0.680.